The van der Waals surface area contributed by atoms with Gasteiger partial charge < -0.3 is 4.74 Å². The molecule has 6 heteroatoms. The molecule has 2 aromatic rings. The minimum absolute atomic E-state index is 0.168. The number of benzene rings is 1. The highest BCUT2D eigenvalue weighted by Gasteiger charge is 2.19. The number of carbonyl (C=O) groups is 2. The summed E-state index contributed by atoms with van der Waals surface area (Å²) in [6.45, 7) is 6.16. The Hall–Kier alpha value is -2.47. The summed E-state index contributed by atoms with van der Waals surface area (Å²) < 4.78 is 5.39. The number of rotatable bonds is 8. The van der Waals surface area contributed by atoms with Crippen molar-refractivity contribution >= 4 is 28.9 Å². The van der Waals surface area contributed by atoms with E-state index in [4.69, 9.17) is 4.74 Å². The Morgan fingerprint density at radius 3 is 2.46 bits per heavy atom. The molecule has 2 rings (SSSR count). The lowest BCUT2D eigenvalue weighted by molar-refractivity contribution is -0.111. The van der Waals surface area contributed by atoms with Gasteiger partial charge in [-0.2, -0.15) is 10.1 Å². The molecule has 0 spiro atoms. The third-order valence-corrected chi connectivity index (χ3v) is 4.52. The van der Waals surface area contributed by atoms with Gasteiger partial charge in [-0.25, -0.2) is 4.79 Å². The summed E-state index contributed by atoms with van der Waals surface area (Å²) in [5.41, 5.74) is 1.18. The number of ketones is 1. The van der Waals surface area contributed by atoms with Crippen LogP contribution in [0.2, 0.25) is 0 Å². The fourth-order valence-corrected chi connectivity index (χ4v) is 2.94. The van der Waals surface area contributed by atoms with Crippen LogP contribution in [0.1, 0.15) is 37.6 Å². The van der Waals surface area contributed by atoms with Crippen molar-refractivity contribution in [1.29, 1.82) is 0 Å². The number of hydrogen-bond donors (Lipinski definition) is 0. The highest BCUT2D eigenvalue weighted by Crippen LogP contribution is 2.14. The molecule has 1 aromatic heterocycles. The molecule has 26 heavy (non-hydrogen) atoms. The number of amides is 1. The Morgan fingerprint density at radius 2 is 1.88 bits per heavy atom. The van der Waals surface area contributed by atoms with Crippen molar-refractivity contribution in [3.63, 3.8) is 0 Å². The van der Waals surface area contributed by atoms with Crippen LogP contribution in [0.3, 0.4) is 0 Å². The molecular weight excluding hydrogens is 348 g/mol. The third kappa shape index (κ3) is 6.11. The van der Waals surface area contributed by atoms with Crippen LogP contribution in [0, 0.1) is 5.92 Å². The van der Waals surface area contributed by atoms with Crippen LogP contribution < -0.4 is 0 Å². The second-order valence-corrected chi connectivity index (χ2v) is 7.28. The zero-order valence-corrected chi connectivity index (χ0v) is 16.2. The lowest BCUT2D eigenvalue weighted by atomic mass is 10.1. The molecule has 0 aliphatic carbocycles. The molecule has 0 unspecified atom stereocenters. The maximum Gasteiger partial charge on any atom is 0.430 e. The van der Waals surface area contributed by atoms with Crippen molar-refractivity contribution in [2.75, 3.05) is 6.54 Å². The summed E-state index contributed by atoms with van der Waals surface area (Å²) in [7, 11) is 0. The van der Waals surface area contributed by atoms with E-state index in [0.29, 0.717) is 12.5 Å². The Labute approximate surface area is 158 Å². The molecular formula is C20H24N2O3S. The highest BCUT2D eigenvalue weighted by atomic mass is 32.1. The van der Waals surface area contributed by atoms with Crippen LogP contribution in [0.15, 0.2) is 52.9 Å². The molecule has 1 aromatic carbocycles. The van der Waals surface area contributed by atoms with E-state index < -0.39 is 6.09 Å². The molecule has 0 atom stereocenters. The van der Waals surface area contributed by atoms with Gasteiger partial charge in [0.15, 0.2) is 5.78 Å². The molecule has 0 radical (unpaired) electrons. The maximum absolute atomic E-state index is 12.5. The van der Waals surface area contributed by atoms with Gasteiger partial charge >= 0.3 is 6.09 Å². The van der Waals surface area contributed by atoms with Gasteiger partial charge in [0.1, 0.15) is 12.3 Å². The van der Waals surface area contributed by atoms with Crippen molar-refractivity contribution in [3.05, 3.63) is 58.3 Å². The standard InChI is InChI=1S/C20H24N2O3S/c1-15(2)11-12-22(20(24)25-14-17-8-5-4-6-9-17)21-19(16(3)23)18-10-7-13-26-18/h4-10,13,15H,11-12,14H2,1-3H3/b21-19-. The fourth-order valence-electron chi connectivity index (χ4n) is 2.18. The van der Waals surface area contributed by atoms with Crippen LogP contribution in [0.4, 0.5) is 4.79 Å². The molecule has 0 N–H and O–H groups in total. The van der Waals surface area contributed by atoms with E-state index in [1.54, 1.807) is 0 Å². The average molecular weight is 372 g/mol. The van der Waals surface area contributed by atoms with Crippen LogP contribution in [0.25, 0.3) is 0 Å². The van der Waals surface area contributed by atoms with Gasteiger partial charge in [0, 0.05) is 13.5 Å². The quantitative estimate of drug-likeness (QED) is 0.497. The summed E-state index contributed by atoms with van der Waals surface area (Å²) in [5.74, 6) is 0.218. The predicted molar refractivity (Wildman–Crippen MR) is 104 cm³/mol. The molecule has 0 saturated heterocycles. The largest absolute Gasteiger partial charge is 0.443 e. The van der Waals surface area contributed by atoms with E-state index in [1.807, 2.05) is 47.8 Å². The summed E-state index contributed by atoms with van der Waals surface area (Å²) >= 11 is 1.42. The number of ether oxygens (including phenoxy) is 1. The van der Waals surface area contributed by atoms with Crippen LogP contribution in [-0.2, 0) is 16.1 Å². The first-order valence-corrected chi connectivity index (χ1v) is 9.47. The highest BCUT2D eigenvalue weighted by molar-refractivity contribution is 7.13. The monoisotopic (exact) mass is 372 g/mol. The van der Waals surface area contributed by atoms with E-state index in [0.717, 1.165) is 16.9 Å². The average Bonchev–Trinajstić information content (AvgIpc) is 3.14. The molecule has 0 aliphatic heterocycles. The predicted octanol–water partition coefficient (Wildman–Crippen LogP) is 4.73. The molecule has 0 saturated carbocycles. The van der Waals surface area contributed by atoms with Gasteiger partial charge in [0.05, 0.1) is 4.88 Å². The van der Waals surface area contributed by atoms with Gasteiger partial charge in [-0.1, -0.05) is 50.2 Å². The number of carbonyl (C=O) groups excluding carboxylic acids is 2. The van der Waals surface area contributed by atoms with E-state index in [9.17, 15) is 9.59 Å². The molecule has 5 nitrogen and oxygen atoms in total. The Balaban J connectivity index is 2.16. The zero-order valence-electron chi connectivity index (χ0n) is 15.3. The van der Waals surface area contributed by atoms with Crippen molar-refractivity contribution < 1.29 is 14.3 Å². The van der Waals surface area contributed by atoms with Crippen molar-refractivity contribution in [2.24, 2.45) is 11.0 Å². The molecule has 0 aliphatic rings. The maximum atomic E-state index is 12.5. The van der Waals surface area contributed by atoms with Gasteiger partial charge in [0.25, 0.3) is 0 Å². The van der Waals surface area contributed by atoms with E-state index in [1.165, 1.54) is 23.3 Å². The van der Waals surface area contributed by atoms with E-state index in [-0.39, 0.29) is 18.1 Å². The number of nitrogens with zero attached hydrogens (tertiary/aromatic N) is 2. The lowest BCUT2D eigenvalue weighted by Crippen LogP contribution is -2.31. The minimum atomic E-state index is -0.551. The summed E-state index contributed by atoms with van der Waals surface area (Å²) in [6.07, 6.45) is 0.212. The van der Waals surface area contributed by atoms with Gasteiger partial charge in [-0.15, -0.1) is 11.3 Å². The second-order valence-electron chi connectivity index (χ2n) is 6.33. The second kappa shape index (κ2) is 9.87. The summed E-state index contributed by atoms with van der Waals surface area (Å²) in [6, 6.07) is 13.1. The molecule has 0 fully saturated rings. The van der Waals surface area contributed by atoms with Crippen LogP contribution >= 0.6 is 11.3 Å². The smallest absolute Gasteiger partial charge is 0.430 e. The van der Waals surface area contributed by atoms with E-state index >= 15 is 0 Å². The van der Waals surface area contributed by atoms with Crippen molar-refractivity contribution in [3.8, 4) is 0 Å². The minimum Gasteiger partial charge on any atom is -0.443 e. The number of Topliss-reactive ketones (excluding diaryl/α,β-unsaturated/α-hetero) is 1. The summed E-state index contributed by atoms with van der Waals surface area (Å²) in [4.78, 5) is 25.3. The normalized spacial score (nSPS) is 11.5. The topological polar surface area (TPSA) is 59.0 Å². The van der Waals surface area contributed by atoms with E-state index in [2.05, 4.69) is 18.9 Å². The van der Waals surface area contributed by atoms with Crippen LogP contribution in [-0.4, -0.2) is 29.1 Å². The first-order valence-electron chi connectivity index (χ1n) is 8.59. The number of hydrogen-bond acceptors (Lipinski definition) is 5. The molecule has 1 heterocycles. The zero-order chi connectivity index (χ0) is 18.9. The summed E-state index contributed by atoms with van der Waals surface area (Å²) in [5, 5.41) is 7.48. The van der Waals surface area contributed by atoms with Crippen molar-refractivity contribution in [2.45, 2.75) is 33.8 Å². The molecule has 1 amide bonds. The molecule has 138 valence electrons. The van der Waals surface area contributed by atoms with Gasteiger partial charge in [-0.05, 0) is 29.3 Å². The Morgan fingerprint density at radius 1 is 1.15 bits per heavy atom. The first kappa shape index (κ1) is 19.8. The Kier molecular flexibility index (Phi) is 7.53. The fraction of sp³-hybridized carbons (Fsp3) is 0.350. The Bertz CT molecular complexity index is 740. The number of hydrazone groups is 1. The van der Waals surface area contributed by atoms with Crippen molar-refractivity contribution in [1.82, 2.24) is 5.01 Å². The van der Waals surface area contributed by atoms with Gasteiger partial charge in [-0.3, -0.25) is 4.79 Å². The molecule has 0 bridgehead atoms. The first-order chi connectivity index (χ1) is 12.5. The lowest BCUT2D eigenvalue weighted by Gasteiger charge is -2.19. The third-order valence-electron chi connectivity index (χ3n) is 3.64. The SMILES string of the molecule is CC(=O)/C(=N/N(CCC(C)C)C(=O)OCc1ccccc1)c1cccs1. The van der Waals surface area contributed by atoms with Crippen LogP contribution in [0.5, 0.6) is 0 Å². The number of thiophene rings is 1. The van der Waals surface area contributed by atoms with Gasteiger partial charge in [0.2, 0.25) is 0 Å².